The number of hydrogen-bond acceptors (Lipinski definition) is 12. The Morgan fingerprint density at radius 3 is 2.33 bits per heavy atom. The van der Waals surface area contributed by atoms with Crippen molar-refractivity contribution in [2.45, 2.75) is 48.3 Å². The molecule has 46 heavy (non-hydrogen) atoms. The van der Waals surface area contributed by atoms with Gasteiger partial charge in [-0.1, -0.05) is 42.5 Å². The molecule has 12 heteroatoms. The van der Waals surface area contributed by atoms with E-state index >= 15 is 0 Å². The zero-order chi connectivity index (χ0) is 32.6. The first-order valence-corrected chi connectivity index (χ1v) is 14.9. The van der Waals surface area contributed by atoms with Crippen LogP contribution in [0.15, 0.2) is 66.7 Å². The number of carbonyl (C=O) groups excluding carboxylic acids is 1. The number of fused-ring (bicyclic) bond motifs is 3. The molecular weight excluding hydrogens is 600 g/mol. The van der Waals surface area contributed by atoms with Crippen LogP contribution in [0.25, 0.3) is 0 Å². The largest absolute Gasteiger partial charge is 0.497 e. The monoisotopic (exact) mass is 638 g/mol. The highest BCUT2D eigenvalue weighted by molar-refractivity contribution is 5.78. The SMILES string of the molecule is COC(=O)[C@H]1[C@@H](O)[C@@]2(O)c3c(OC)cc(O[C@@H]4O[C@@H](CCO)CO[C@H]4OC)cc3O[C@@]2(c2ccc(OC)cc2)[C@@H]1c1ccccc1. The van der Waals surface area contributed by atoms with Gasteiger partial charge in [-0.25, -0.2) is 0 Å². The molecule has 0 radical (unpaired) electrons. The summed E-state index contributed by atoms with van der Waals surface area (Å²) in [6.45, 7) is 0.121. The van der Waals surface area contributed by atoms with Crippen LogP contribution in [0.2, 0.25) is 0 Å². The first kappa shape index (κ1) is 32.0. The summed E-state index contributed by atoms with van der Waals surface area (Å²) < 4.78 is 46.6. The molecule has 1 saturated heterocycles. The standard InChI is InChI=1S/C34H38O12/c1-39-21-12-10-20(11-13-21)34-27(19-8-6-5-7-9-19)26(30(37)41-3)29(36)33(34,38)28-24(40-2)16-23(17-25(28)46-34)45-32-31(42-4)43-18-22(44-32)14-15-35/h5-13,16-17,22,26-27,29,31-32,35-36,38H,14-15,18H2,1-4H3/t22-,26+,27+,29+,31+,32-,33-,34-/m0/s1. The van der Waals surface area contributed by atoms with Gasteiger partial charge in [0.15, 0.2) is 11.2 Å². The fourth-order valence-corrected chi connectivity index (χ4v) is 7.12. The van der Waals surface area contributed by atoms with Gasteiger partial charge in [0.2, 0.25) is 6.29 Å². The first-order valence-electron chi connectivity index (χ1n) is 14.9. The predicted molar refractivity (Wildman–Crippen MR) is 161 cm³/mol. The molecule has 2 heterocycles. The predicted octanol–water partition coefficient (Wildman–Crippen LogP) is 2.60. The number of esters is 1. The molecule has 8 atom stereocenters. The van der Waals surface area contributed by atoms with Gasteiger partial charge in [-0.3, -0.25) is 4.79 Å². The molecule has 1 saturated carbocycles. The molecule has 0 bridgehead atoms. The molecule has 0 aromatic heterocycles. The Hall–Kier alpha value is -3.91. The number of methoxy groups -OCH3 is 4. The second-order valence-electron chi connectivity index (χ2n) is 11.4. The Morgan fingerprint density at radius 2 is 1.70 bits per heavy atom. The van der Waals surface area contributed by atoms with E-state index in [1.807, 2.05) is 30.3 Å². The van der Waals surface area contributed by atoms with Crippen molar-refractivity contribution >= 4 is 5.97 Å². The van der Waals surface area contributed by atoms with Crippen LogP contribution in [0, 0.1) is 5.92 Å². The molecule has 0 spiro atoms. The van der Waals surface area contributed by atoms with Crippen LogP contribution in [0.5, 0.6) is 23.0 Å². The van der Waals surface area contributed by atoms with Gasteiger partial charge >= 0.3 is 5.97 Å². The summed E-state index contributed by atoms with van der Waals surface area (Å²) in [5.74, 6) is -1.77. The van der Waals surface area contributed by atoms with Gasteiger partial charge in [0.05, 0.1) is 45.5 Å². The molecule has 246 valence electrons. The van der Waals surface area contributed by atoms with Gasteiger partial charge in [-0.05, 0) is 29.7 Å². The molecule has 3 aliphatic rings. The summed E-state index contributed by atoms with van der Waals surface area (Å²) in [5.41, 5.74) is -2.71. The van der Waals surface area contributed by atoms with Crippen LogP contribution >= 0.6 is 0 Å². The van der Waals surface area contributed by atoms with Crippen LogP contribution in [0.3, 0.4) is 0 Å². The average molecular weight is 639 g/mol. The fraction of sp³-hybridized carbons (Fsp3) is 0.441. The van der Waals surface area contributed by atoms with Crippen molar-refractivity contribution < 1.29 is 58.0 Å². The van der Waals surface area contributed by atoms with Crippen molar-refractivity contribution in [3.8, 4) is 23.0 Å². The van der Waals surface area contributed by atoms with E-state index in [-0.39, 0.29) is 36.0 Å². The highest BCUT2D eigenvalue weighted by atomic mass is 16.8. The van der Waals surface area contributed by atoms with Gasteiger partial charge in [0.1, 0.15) is 29.1 Å². The third kappa shape index (κ3) is 4.88. The van der Waals surface area contributed by atoms with Crippen LogP contribution in [-0.4, -0.2) is 87.7 Å². The Kier molecular flexibility index (Phi) is 8.85. The number of hydrogen-bond donors (Lipinski definition) is 3. The maximum Gasteiger partial charge on any atom is 0.312 e. The maximum atomic E-state index is 13.5. The zero-order valence-corrected chi connectivity index (χ0v) is 26.0. The topological polar surface area (TPSA) is 152 Å². The second kappa shape index (κ2) is 12.7. The van der Waals surface area contributed by atoms with Crippen molar-refractivity contribution in [2.24, 2.45) is 5.92 Å². The van der Waals surface area contributed by atoms with Crippen molar-refractivity contribution in [3.05, 3.63) is 83.4 Å². The van der Waals surface area contributed by atoms with Gasteiger partial charge in [0.25, 0.3) is 6.29 Å². The van der Waals surface area contributed by atoms with Gasteiger partial charge < -0.3 is 53.2 Å². The quantitative estimate of drug-likeness (QED) is 0.280. The van der Waals surface area contributed by atoms with Crippen molar-refractivity contribution in [3.63, 3.8) is 0 Å². The molecule has 0 unspecified atom stereocenters. The maximum absolute atomic E-state index is 13.5. The zero-order valence-electron chi connectivity index (χ0n) is 26.0. The average Bonchev–Trinajstić information content (AvgIpc) is 3.46. The lowest BCUT2D eigenvalue weighted by atomic mass is 9.70. The Labute approximate surface area is 266 Å². The van der Waals surface area contributed by atoms with E-state index in [0.717, 1.165) is 0 Å². The van der Waals surface area contributed by atoms with Crippen LogP contribution in [0.1, 0.15) is 29.0 Å². The fourth-order valence-electron chi connectivity index (χ4n) is 7.12. The molecule has 6 rings (SSSR count). The Balaban J connectivity index is 1.53. The summed E-state index contributed by atoms with van der Waals surface area (Å²) in [6.07, 6.45) is -3.66. The minimum Gasteiger partial charge on any atom is -0.497 e. The van der Waals surface area contributed by atoms with E-state index in [4.69, 9.17) is 37.9 Å². The normalized spacial score (nSPS) is 31.4. The highest BCUT2D eigenvalue weighted by Gasteiger charge is 2.78. The molecule has 3 N–H and O–H groups in total. The molecule has 3 aromatic carbocycles. The first-order chi connectivity index (χ1) is 22.3. The molecule has 1 aliphatic carbocycles. The van der Waals surface area contributed by atoms with Gasteiger partial charge in [-0.15, -0.1) is 0 Å². The summed E-state index contributed by atoms with van der Waals surface area (Å²) in [6, 6.07) is 19.1. The number of ether oxygens (including phenoxy) is 8. The van der Waals surface area contributed by atoms with Gasteiger partial charge in [-0.2, -0.15) is 0 Å². The molecular formula is C34H38O12. The third-order valence-corrected chi connectivity index (χ3v) is 9.12. The highest BCUT2D eigenvalue weighted by Crippen LogP contribution is 2.70. The van der Waals surface area contributed by atoms with E-state index in [1.165, 1.54) is 27.4 Å². The van der Waals surface area contributed by atoms with Crippen molar-refractivity contribution in [1.82, 2.24) is 0 Å². The summed E-state index contributed by atoms with van der Waals surface area (Å²) in [7, 11) is 5.66. The van der Waals surface area contributed by atoms with E-state index in [0.29, 0.717) is 23.3 Å². The van der Waals surface area contributed by atoms with Gasteiger partial charge in [0, 0.05) is 31.8 Å². The molecule has 12 nitrogen and oxygen atoms in total. The van der Waals surface area contributed by atoms with Crippen LogP contribution in [-0.2, 0) is 34.9 Å². The lowest BCUT2D eigenvalue weighted by molar-refractivity contribution is -0.313. The lowest BCUT2D eigenvalue weighted by Gasteiger charge is -2.40. The van der Waals surface area contributed by atoms with Crippen molar-refractivity contribution in [1.29, 1.82) is 0 Å². The molecule has 2 aliphatic heterocycles. The van der Waals surface area contributed by atoms with Crippen LogP contribution < -0.4 is 18.9 Å². The summed E-state index contributed by atoms with van der Waals surface area (Å²) in [5, 5.41) is 34.5. The third-order valence-electron chi connectivity index (χ3n) is 9.12. The lowest BCUT2D eigenvalue weighted by Crippen LogP contribution is -2.52. The summed E-state index contributed by atoms with van der Waals surface area (Å²) in [4.78, 5) is 13.5. The number of aliphatic hydroxyl groups excluding tert-OH is 2. The van der Waals surface area contributed by atoms with E-state index in [9.17, 15) is 20.1 Å². The number of aliphatic hydroxyl groups is 3. The molecule has 0 amide bonds. The molecule has 3 aromatic rings. The van der Waals surface area contributed by atoms with Crippen molar-refractivity contribution in [2.75, 3.05) is 41.7 Å². The van der Waals surface area contributed by atoms with E-state index in [1.54, 1.807) is 37.4 Å². The second-order valence-corrected chi connectivity index (χ2v) is 11.4. The number of rotatable bonds is 10. The van der Waals surface area contributed by atoms with E-state index < -0.39 is 53.8 Å². The smallest absolute Gasteiger partial charge is 0.312 e. The van der Waals surface area contributed by atoms with E-state index in [2.05, 4.69) is 0 Å². The number of benzene rings is 3. The van der Waals surface area contributed by atoms with Crippen LogP contribution in [0.4, 0.5) is 0 Å². The minimum atomic E-state index is -2.22. The summed E-state index contributed by atoms with van der Waals surface area (Å²) >= 11 is 0. The Morgan fingerprint density at radius 1 is 0.957 bits per heavy atom. The minimum absolute atomic E-state index is 0.0948. The Bertz CT molecular complexity index is 1530. The number of carbonyl (C=O) groups is 1. The molecule has 2 fully saturated rings.